The highest BCUT2D eigenvalue weighted by molar-refractivity contribution is 7.46. The molecule has 2 atom stereocenters. The second-order valence-corrected chi connectivity index (χ2v) is 9.56. The number of phosphoric ester groups is 1. The van der Waals surface area contributed by atoms with Gasteiger partial charge in [-0.15, -0.1) is 0 Å². The molecule has 0 aromatic heterocycles. The van der Waals surface area contributed by atoms with E-state index in [1.807, 2.05) is 0 Å². The first kappa shape index (κ1) is 25.3. The van der Waals surface area contributed by atoms with E-state index in [0.717, 1.165) is 12.1 Å². The molecule has 12 heteroatoms. The van der Waals surface area contributed by atoms with E-state index < -0.39 is 44.1 Å². The van der Waals surface area contributed by atoms with E-state index >= 15 is 0 Å². The van der Waals surface area contributed by atoms with Crippen molar-refractivity contribution in [3.63, 3.8) is 0 Å². The predicted molar refractivity (Wildman–Crippen MR) is 116 cm³/mol. The van der Waals surface area contributed by atoms with Crippen LogP contribution < -0.4 is 10.1 Å². The average molecular weight is 502 g/mol. The van der Waals surface area contributed by atoms with E-state index in [4.69, 9.17) is 30.9 Å². The van der Waals surface area contributed by atoms with E-state index in [2.05, 4.69) is 9.84 Å². The molecule has 1 aliphatic rings. The van der Waals surface area contributed by atoms with E-state index in [1.54, 1.807) is 26.0 Å². The average Bonchev–Trinajstić information content (AvgIpc) is 2.68. The molecule has 0 fully saturated rings. The minimum absolute atomic E-state index is 0.00291. The summed E-state index contributed by atoms with van der Waals surface area (Å²) in [6, 6.07) is 7.04. The number of ketones is 1. The van der Waals surface area contributed by atoms with Crippen LogP contribution in [0.4, 0.5) is 4.39 Å². The third-order valence-electron chi connectivity index (χ3n) is 5.04. The maximum Gasteiger partial charge on any atom is 0.471 e. The van der Waals surface area contributed by atoms with Crippen molar-refractivity contribution in [1.29, 1.82) is 0 Å². The Morgan fingerprint density at radius 1 is 1.24 bits per heavy atom. The van der Waals surface area contributed by atoms with E-state index in [0.29, 0.717) is 16.9 Å². The fourth-order valence-electron chi connectivity index (χ4n) is 3.52. The number of hydrogen-bond acceptors (Lipinski definition) is 6. The van der Waals surface area contributed by atoms with E-state index in [-0.39, 0.29) is 16.4 Å². The van der Waals surface area contributed by atoms with Gasteiger partial charge in [0.15, 0.2) is 12.6 Å². The van der Waals surface area contributed by atoms with Crippen molar-refractivity contribution < 1.29 is 42.3 Å². The quantitative estimate of drug-likeness (QED) is 0.297. The van der Waals surface area contributed by atoms with Gasteiger partial charge in [0, 0.05) is 11.1 Å². The molecule has 0 radical (unpaired) electrons. The molecular weight excluding hydrogens is 480 g/mol. The number of benzene rings is 2. The van der Waals surface area contributed by atoms with Gasteiger partial charge >= 0.3 is 7.82 Å². The van der Waals surface area contributed by atoms with Gasteiger partial charge in [-0.3, -0.25) is 14.1 Å². The number of Topliss-reactive ketones (excluding diaryl/α,β-unsaturated/α-hetero) is 1. The Balaban J connectivity index is 2.02. The highest BCUT2D eigenvalue weighted by Crippen LogP contribution is 2.43. The summed E-state index contributed by atoms with van der Waals surface area (Å²) >= 11 is 6.03. The van der Waals surface area contributed by atoms with Crippen LogP contribution in [0.2, 0.25) is 5.02 Å². The van der Waals surface area contributed by atoms with Gasteiger partial charge in [-0.1, -0.05) is 11.6 Å². The Labute approximate surface area is 194 Å². The zero-order chi connectivity index (χ0) is 24.6. The normalized spacial score (nSPS) is 19.4. The van der Waals surface area contributed by atoms with Crippen molar-refractivity contribution in [2.45, 2.75) is 38.5 Å². The predicted octanol–water partition coefficient (Wildman–Crippen LogP) is 3.78. The van der Waals surface area contributed by atoms with Crippen LogP contribution in [0.15, 0.2) is 36.4 Å². The van der Waals surface area contributed by atoms with Crippen molar-refractivity contribution in [3.8, 4) is 5.75 Å². The standard InChI is InChI=1S/C21H22ClFNO8P/c1-11(25)12-4-7-17-15(8-12)18(24-20(26)14-6-5-13(23)9-16(14)22)19(21(2,3)32-17)30-10-31-33(27,28)29/h4-9,18-19H,10H2,1-3H3,(H,24,26)(H2,27,28,29)/t18-,19-/m1/s1. The molecule has 33 heavy (non-hydrogen) atoms. The molecule has 0 aliphatic carbocycles. The maximum absolute atomic E-state index is 13.4. The van der Waals surface area contributed by atoms with E-state index in [9.17, 15) is 18.5 Å². The zero-order valence-electron chi connectivity index (χ0n) is 17.9. The lowest BCUT2D eigenvalue weighted by Gasteiger charge is -2.44. The second kappa shape index (κ2) is 9.50. The number of carbonyl (C=O) groups excluding carboxylic acids is 2. The SMILES string of the molecule is CC(=O)c1ccc2c(c1)[C@@H](NC(=O)c1ccc(F)cc1Cl)[C@@H](OCOP(=O)(O)O)C(C)(C)O2. The molecule has 0 bridgehead atoms. The molecular formula is C21H22ClFNO8P. The molecule has 178 valence electrons. The van der Waals surface area contributed by atoms with Crippen LogP contribution in [0.3, 0.4) is 0 Å². The Morgan fingerprint density at radius 3 is 2.55 bits per heavy atom. The van der Waals surface area contributed by atoms with Crippen molar-refractivity contribution in [2.24, 2.45) is 0 Å². The first-order chi connectivity index (χ1) is 15.3. The third-order valence-corrected chi connectivity index (χ3v) is 5.80. The first-order valence-corrected chi connectivity index (χ1v) is 11.6. The highest BCUT2D eigenvalue weighted by atomic mass is 35.5. The monoisotopic (exact) mass is 501 g/mol. The lowest BCUT2D eigenvalue weighted by atomic mass is 9.85. The fourth-order valence-corrected chi connectivity index (χ4v) is 3.98. The van der Waals surface area contributed by atoms with Crippen molar-refractivity contribution in [1.82, 2.24) is 5.32 Å². The number of nitrogens with one attached hydrogen (secondary N) is 1. The molecule has 0 spiro atoms. The smallest absolute Gasteiger partial charge is 0.471 e. The molecule has 9 nitrogen and oxygen atoms in total. The third kappa shape index (κ3) is 5.97. The van der Waals surface area contributed by atoms with Gasteiger partial charge in [0.1, 0.15) is 23.3 Å². The molecule has 0 saturated carbocycles. The lowest BCUT2D eigenvalue weighted by molar-refractivity contribution is -0.141. The van der Waals surface area contributed by atoms with E-state index in [1.165, 1.54) is 19.1 Å². The summed E-state index contributed by atoms with van der Waals surface area (Å²) in [5.41, 5.74) is -0.360. The number of ether oxygens (including phenoxy) is 2. The lowest BCUT2D eigenvalue weighted by Crippen LogP contribution is -2.55. The molecule has 1 amide bonds. The summed E-state index contributed by atoms with van der Waals surface area (Å²) in [5, 5.41) is 2.65. The minimum atomic E-state index is -4.82. The van der Waals surface area contributed by atoms with Crippen LogP contribution in [0.1, 0.15) is 53.1 Å². The van der Waals surface area contributed by atoms with Gasteiger partial charge in [-0.05, 0) is 57.2 Å². The number of amides is 1. The van der Waals surface area contributed by atoms with Crippen LogP contribution in [0.25, 0.3) is 0 Å². The molecule has 0 unspecified atom stereocenters. The van der Waals surface area contributed by atoms with Gasteiger partial charge in [-0.25, -0.2) is 8.96 Å². The van der Waals surface area contributed by atoms with Crippen molar-refractivity contribution in [2.75, 3.05) is 6.79 Å². The summed E-state index contributed by atoms with van der Waals surface area (Å²) in [6.07, 6.45) is -1.01. The summed E-state index contributed by atoms with van der Waals surface area (Å²) in [6.45, 7) is 3.89. The Hall–Kier alpha value is -2.33. The summed E-state index contributed by atoms with van der Waals surface area (Å²) in [5.74, 6) is -1.13. The van der Waals surface area contributed by atoms with Crippen LogP contribution in [-0.2, 0) is 13.8 Å². The van der Waals surface area contributed by atoms with Gasteiger partial charge in [0.25, 0.3) is 5.91 Å². The van der Waals surface area contributed by atoms with Gasteiger partial charge in [0.05, 0.1) is 16.6 Å². The first-order valence-electron chi connectivity index (χ1n) is 9.70. The molecule has 0 saturated heterocycles. The Kier molecular flexibility index (Phi) is 7.28. The van der Waals surface area contributed by atoms with Crippen LogP contribution >= 0.6 is 19.4 Å². The maximum atomic E-state index is 13.4. The van der Waals surface area contributed by atoms with Crippen LogP contribution in [0.5, 0.6) is 5.75 Å². The van der Waals surface area contributed by atoms with Crippen molar-refractivity contribution in [3.05, 3.63) is 63.9 Å². The molecule has 1 heterocycles. The zero-order valence-corrected chi connectivity index (χ0v) is 19.5. The van der Waals surface area contributed by atoms with Gasteiger partial charge < -0.3 is 24.6 Å². The number of halogens is 2. The number of fused-ring (bicyclic) bond motifs is 1. The minimum Gasteiger partial charge on any atom is -0.485 e. The molecule has 2 aromatic rings. The Bertz CT molecular complexity index is 1140. The molecule has 3 rings (SSSR count). The summed E-state index contributed by atoms with van der Waals surface area (Å²) < 4.78 is 40.5. The second-order valence-electron chi connectivity index (χ2n) is 7.91. The topological polar surface area (TPSA) is 131 Å². The number of rotatable bonds is 7. The molecule has 3 N–H and O–H groups in total. The van der Waals surface area contributed by atoms with Gasteiger partial charge in [-0.2, -0.15) is 0 Å². The van der Waals surface area contributed by atoms with Crippen LogP contribution in [-0.4, -0.2) is 40.0 Å². The fraction of sp³-hybridized carbons (Fsp3) is 0.333. The summed E-state index contributed by atoms with van der Waals surface area (Å²) in [7, 11) is -4.82. The highest BCUT2D eigenvalue weighted by Gasteiger charge is 2.46. The van der Waals surface area contributed by atoms with Crippen molar-refractivity contribution >= 4 is 31.1 Å². The summed E-state index contributed by atoms with van der Waals surface area (Å²) in [4.78, 5) is 42.9. The Morgan fingerprint density at radius 2 is 1.94 bits per heavy atom. The number of hydrogen-bond donors (Lipinski definition) is 3. The number of phosphoric acid groups is 1. The molecule has 2 aromatic carbocycles. The largest absolute Gasteiger partial charge is 0.485 e. The van der Waals surface area contributed by atoms with Gasteiger partial charge in [0.2, 0.25) is 0 Å². The number of carbonyl (C=O) groups is 2. The van der Waals surface area contributed by atoms with Crippen LogP contribution in [0, 0.1) is 5.82 Å². The molecule has 1 aliphatic heterocycles.